The number of methoxy groups -OCH3 is 1. The zero-order chi connectivity index (χ0) is 25.7. The van der Waals surface area contributed by atoms with E-state index < -0.39 is 18.1 Å². The maximum atomic E-state index is 14.0. The molecule has 1 aliphatic rings. The van der Waals surface area contributed by atoms with Crippen LogP contribution in [0.25, 0.3) is 0 Å². The second kappa shape index (κ2) is 11.6. The molecule has 1 fully saturated rings. The third kappa shape index (κ3) is 5.73. The molecule has 2 aromatic carbocycles. The van der Waals surface area contributed by atoms with Crippen molar-refractivity contribution in [2.75, 3.05) is 31.7 Å². The minimum atomic E-state index is -2.86. The molecule has 3 aromatic rings. The fraction of sp³-hybridized carbons (Fsp3) is 0.385. The van der Waals surface area contributed by atoms with Crippen LogP contribution in [0.2, 0.25) is 5.02 Å². The van der Waals surface area contributed by atoms with Crippen molar-refractivity contribution in [3.63, 3.8) is 0 Å². The van der Waals surface area contributed by atoms with Crippen molar-refractivity contribution in [1.82, 2.24) is 9.78 Å². The lowest BCUT2D eigenvalue weighted by Crippen LogP contribution is -2.37. The van der Waals surface area contributed by atoms with Gasteiger partial charge in [0.15, 0.2) is 0 Å². The SMILES string of the molecule is CCOC(=O)c1cnn(C2CCCN(c3cc(Cl)ccc3OCc3ccc(OC)cc3)C2)c1C(F)F. The second-order valence-electron chi connectivity index (χ2n) is 8.40. The second-order valence-corrected chi connectivity index (χ2v) is 8.84. The molecule has 0 aliphatic carbocycles. The van der Waals surface area contributed by atoms with E-state index in [2.05, 4.69) is 10.00 Å². The van der Waals surface area contributed by atoms with Crippen LogP contribution in [0.5, 0.6) is 11.5 Å². The smallest absolute Gasteiger partial charge is 0.341 e. The molecule has 1 saturated heterocycles. The number of aromatic nitrogens is 2. The number of nitrogens with zero attached hydrogens (tertiary/aromatic N) is 3. The van der Waals surface area contributed by atoms with Crippen LogP contribution in [0.15, 0.2) is 48.7 Å². The van der Waals surface area contributed by atoms with Gasteiger partial charge in [0.25, 0.3) is 6.43 Å². The summed E-state index contributed by atoms with van der Waals surface area (Å²) in [5.41, 5.74) is 1.13. The van der Waals surface area contributed by atoms with Gasteiger partial charge in [0.2, 0.25) is 0 Å². The topological polar surface area (TPSA) is 65.8 Å². The predicted octanol–water partition coefficient (Wildman–Crippen LogP) is 6.08. The molecule has 1 aliphatic heterocycles. The summed E-state index contributed by atoms with van der Waals surface area (Å²) >= 11 is 6.31. The molecule has 1 atom stereocenters. The van der Waals surface area contributed by atoms with Gasteiger partial charge in [0, 0.05) is 18.1 Å². The molecule has 1 unspecified atom stereocenters. The maximum Gasteiger partial charge on any atom is 0.341 e. The van der Waals surface area contributed by atoms with Crippen molar-refractivity contribution in [1.29, 1.82) is 0 Å². The van der Waals surface area contributed by atoms with Gasteiger partial charge >= 0.3 is 5.97 Å². The Kier molecular flexibility index (Phi) is 8.30. The largest absolute Gasteiger partial charge is 0.497 e. The third-order valence-electron chi connectivity index (χ3n) is 6.09. The van der Waals surface area contributed by atoms with Gasteiger partial charge in [-0.3, -0.25) is 4.68 Å². The van der Waals surface area contributed by atoms with Gasteiger partial charge in [-0.25, -0.2) is 13.6 Å². The number of halogens is 3. The first-order chi connectivity index (χ1) is 17.4. The number of ether oxygens (including phenoxy) is 3. The summed E-state index contributed by atoms with van der Waals surface area (Å²) in [6.45, 7) is 3.17. The first kappa shape index (κ1) is 25.8. The molecule has 0 saturated carbocycles. The van der Waals surface area contributed by atoms with E-state index in [1.54, 1.807) is 20.1 Å². The summed E-state index contributed by atoms with van der Waals surface area (Å²) in [5.74, 6) is 0.603. The van der Waals surface area contributed by atoms with Crippen molar-refractivity contribution >= 4 is 23.3 Å². The standard InChI is InChI=1S/C26H28ClF2N3O4/c1-3-35-26(33)21-14-30-32(24(21)25(28)29)19-5-4-12-31(15-19)22-13-18(27)8-11-23(22)36-16-17-6-9-20(34-2)10-7-17/h6-11,13-14,19,25H,3-5,12,15-16H2,1-2H3. The zero-order valence-corrected chi connectivity index (χ0v) is 20.9. The van der Waals surface area contributed by atoms with Crippen LogP contribution in [0.4, 0.5) is 14.5 Å². The number of esters is 1. The summed E-state index contributed by atoms with van der Waals surface area (Å²) in [7, 11) is 1.61. The van der Waals surface area contributed by atoms with Gasteiger partial charge in [-0.2, -0.15) is 5.10 Å². The monoisotopic (exact) mass is 519 g/mol. The molecule has 0 N–H and O–H groups in total. The van der Waals surface area contributed by atoms with Crippen LogP contribution in [0.3, 0.4) is 0 Å². The Morgan fingerprint density at radius 1 is 1.22 bits per heavy atom. The Bertz CT molecular complexity index is 1190. The fourth-order valence-electron chi connectivity index (χ4n) is 4.36. The van der Waals surface area contributed by atoms with Crippen LogP contribution in [0, 0.1) is 0 Å². The maximum absolute atomic E-state index is 14.0. The Balaban J connectivity index is 1.56. The number of hydrogen-bond acceptors (Lipinski definition) is 6. The zero-order valence-electron chi connectivity index (χ0n) is 20.1. The number of carbonyl (C=O) groups is 1. The van der Waals surface area contributed by atoms with Gasteiger partial charge in [-0.05, 0) is 55.7 Å². The Hall–Kier alpha value is -3.33. The molecule has 0 radical (unpaired) electrons. The number of hydrogen-bond donors (Lipinski definition) is 0. The lowest BCUT2D eigenvalue weighted by Gasteiger charge is -2.36. The van der Waals surface area contributed by atoms with Crippen molar-refractivity contribution in [2.45, 2.75) is 38.8 Å². The molecule has 1 aromatic heterocycles. The average molecular weight is 520 g/mol. The first-order valence-corrected chi connectivity index (χ1v) is 12.1. The van der Waals surface area contributed by atoms with E-state index in [0.29, 0.717) is 36.9 Å². The van der Waals surface area contributed by atoms with Crippen LogP contribution in [-0.2, 0) is 11.3 Å². The van der Waals surface area contributed by atoms with Gasteiger partial charge in [-0.1, -0.05) is 23.7 Å². The minimum absolute atomic E-state index is 0.0952. The number of alkyl halides is 2. The molecule has 7 nitrogen and oxygen atoms in total. The van der Waals surface area contributed by atoms with E-state index >= 15 is 0 Å². The molecular formula is C26H28ClF2N3O4. The summed E-state index contributed by atoms with van der Waals surface area (Å²) in [4.78, 5) is 14.3. The normalized spacial score (nSPS) is 15.7. The van der Waals surface area contributed by atoms with Crippen LogP contribution >= 0.6 is 11.6 Å². The third-order valence-corrected chi connectivity index (χ3v) is 6.33. The van der Waals surface area contributed by atoms with Gasteiger partial charge < -0.3 is 19.1 Å². The highest BCUT2D eigenvalue weighted by Crippen LogP contribution is 2.37. The highest BCUT2D eigenvalue weighted by atomic mass is 35.5. The average Bonchev–Trinajstić information content (AvgIpc) is 3.34. The highest BCUT2D eigenvalue weighted by molar-refractivity contribution is 6.30. The molecule has 4 rings (SSSR count). The number of carbonyl (C=O) groups excluding carboxylic acids is 1. The molecular weight excluding hydrogens is 492 g/mol. The summed E-state index contributed by atoms with van der Waals surface area (Å²) in [6.07, 6.45) is -0.312. The molecule has 192 valence electrons. The van der Waals surface area contributed by atoms with Crippen LogP contribution in [-0.4, -0.2) is 42.6 Å². The van der Waals surface area contributed by atoms with E-state index in [0.717, 1.165) is 23.4 Å². The molecule has 2 heterocycles. The molecule has 0 spiro atoms. The van der Waals surface area contributed by atoms with Gasteiger partial charge in [0.1, 0.15) is 29.4 Å². The van der Waals surface area contributed by atoms with Crippen molar-refractivity contribution < 1.29 is 27.8 Å². The number of benzene rings is 2. The van der Waals surface area contributed by atoms with Crippen molar-refractivity contribution in [3.8, 4) is 11.5 Å². The predicted molar refractivity (Wildman–Crippen MR) is 132 cm³/mol. The van der Waals surface area contributed by atoms with Crippen molar-refractivity contribution in [3.05, 3.63) is 70.5 Å². The van der Waals surface area contributed by atoms with E-state index in [1.807, 2.05) is 36.4 Å². The number of rotatable bonds is 9. The minimum Gasteiger partial charge on any atom is -0.497 e. The Morgan fingerprint density at radius 2 is 2.00 bits per heavy atom. The Labute approximate surface area is 213 Å². The Morgan fingerprint density at radius 3 is 2.69 bits per heavy atom. The molecule has 0 bridgehead atoms. The van der Waals surface area contributed by atoms with Gasteiger partial charge in [-0.15, -0.1) is 0 Å². The van der Waals surface area contributed by atoms with E-state index in [-0.39, 0.29) is 18.2 Å². The summed E-state index contributed by atoms with van der Waals surface area (Å²) < 4.78 is 45.5. The quantitative estimate of drug-likeness (QED) is 0.319. The first-order valence-electron chi connectivity index (χ1n) is 11.7. The highest BCUT2D eigenvalue weighted by Gasteiger charge is 2.32. The summed E-state index contributed by atoms with van der Waals surface area (Å²) in [5, 5.41) is 4.71. The lowest BCUT2D eigenvalue weighted by molar-refractivity contribution is 0.0512. The number of piperidine rings is 1. The fourth-order valence-corrected chi connectivity index (χ4v) is 4.53. The van der Waals surface area contributed by atoms with Gasteiger partial charge in [0.05, 0.1) is 31.6 Å². The van der Waals surface area contributed by atoms with Crippen molar-refractivity contribution in [2.24, 2.45) is 0 Å². The lowest BCUT2D eigenvalue weighted by atomic mass is 10.0. The molecule has 10 heteroatoms. The van der Waals surface area contributed by atoms with Crippen LogP contribution < -0.4 is 14.4 Å². The molecule has 36 heavy (non-hydrogen) atoms. The van der Waals surface area contributed by atoms with Crippen LogP contribution in [0.1, 0.15) is 53.8 Å². The molecule has 0 amide bonds. The van der Waals surface area contributed by atoms with E-state index in [1.165, 1.54) is 10.9 Å². The van der Waals surface area contributed by atoms with E-state index in [4.69, 9.17) is 25.8 Å². The summed E-state index contributed by atoms with van der Waals surface area (Å²) in [6, 6.07) is 12.6. The van der Waals surface area contributed by atoms with E-state index in [9.17, 15) is 13.6 Å². The number of anilines is 1.